The fourth-order valence-electron chi connectivity index (χ4n) is 2.25. The van der Waals surface area contributed by atoms with E-state index in [1.54, 1.807) is 4.90 Å². The number of carbonyl (C=O) groups is 1. The van der Waals surface area contributed by atoms with Gasteiger partial charge in [0.2, 0.25) is 0 Å². The third kappa shape index (κ3) is 3.61. The van der Waals surface area contributed by atoms with E-state index in [1.807, 2.05) is 32.4 Å². The zero-order valence-electron chi connectivity index (χ0n) is 11.8. The van der Waals surface area contributed by atoms with Gasteiger partial charge in [0.1, 0.15) is 9.30 Å². The standard InChI is InChI=1S/C13H20IN3O2/c1-9-7-11(14)15-17(9)10-5-6-16(8-10)12(18)19-13(2,3)4/h7,10H,5-6,8H2,1-4H3. The number of likely N-dealkylation sites (tertiary alicyclic amines) is 1. The Morgan fingerprint density at radius 3 is 2.74 bits per heavy atom. The van der Waals surface area contributed by atoms with E-state index in [-0.39, 0.29) is 12.1 Å². The van der Waals surface area contributed by atoms with Crippen molar-refractivity contribution in [1.82, 2.24) is 14.7 Å². The lowest BCUT2D eigenvalue weighted by Gasteiger charge is -2.24. The molecule has 0 saturated carbocycles. The van der Waals surface area contributed by atoms with Gasteiger partial charge in [-0.1, -0.05) is 0 Å². The van der Waals surface area contributed by atoms with Crippen molar-refractivity contribution in [2.24, 2.45) is 0 Å². The molecule has 1 aliphatic heterocycles. The molecule has 1 aromatic rings. The van der Waals surface area contributed by atoms with Crippen molar-refractivity contribution in [3.05, 3.63) is 15.5 Å². The van der Waals surface area contributed by atoms with Crippen LogP contribution in [0.2, 0.25) is 0 Å². The van der Waals surface area contributed by atoms with Crippen LogP contribution in [0.4, 0.5) is 4.79 Å². The minimum atomic E-state index is -0.438. The van der Waals surface area contributed by atoms with E-state index in [9.17, 15) is 4.79 Å². The van der Waals surface area contributed by atoms with Crippen LogP contribution in [0.5, 0.6) is 0 Å². The Kier molecular flexibility index (Phi) is 4.08. The van der Waals surface area contributed by atoms with Crippen LogP contribution in [-0.4, -0.2) is 39.5 Å². The lowest BCUT2D eigenvalue weighted by atomic mass is 10.2. The molecule has 2 heterocycles. The summed E-state index contributed by atoms with van der Waals surface area (Å²) in [7, 11) is 0. The van der Waals surface area contributed by atoms with Crippen LogP contribution in [-0.2, 0) is 4.74 Å². The molecule has 2 rings (SSSR count). The van der Waals surface area contributed by atoms with Crippen molar-refractivity contribution in [2.45, 2.75) is 45.8 Å². The zero-order valence-corrected chi connectivity index (χ0v) is 14.0. The van der Waals surface area contributed by atoms with E-state index in [0.29, 0.717) is 6.54 Å². The number of ether oxygens (including phenoxy) is 1. The summed E-state index contributed by atoms with van der Waals surface area (Å²) in [4.78, 5) is 13.8. The molecule has 19 heavy (non-hydrogen) atoms. The van der Waals surface area contributed by atoms with E-state index in [4.69, 9.17) is 4.74 Å². The molecular weight excluding hydrogens is 357 g/mol. The lowest BCUT2D eigenvalue weighted by Crippen LogP contribution is -2.35. The van der Waals surface area contributed by atoms with Gasteiger partial charge in [0, 0.05) is 18.8 Å². The van der Waals surface area contributed by atoms with Crippen LogP contribution in [0.15, 0.2) is 6.07 Å². The Labute approximate surface area is 127 Å². The van der Waals surface area contributed by atoms with Crippen molar-refractivity contribution in [2.75, 3.05) is 13.1 Å². The molecule has 1 aliphatic rings. The number of carbonyl (C=O) groups excluding carboxylic acids is 1. The molecule has 1 saturated heterocycles. The van der Waals surface area contributed by atoms with Gasteiger partial charge in [0.05, 0.1) is 6.04 Å². The molecule has 0 spiro atoms. The van der Waals surface area contributed by atoms with Gasteiger partial charge in [-0.2, -0.15) is 5.10 Å². The molecule has 0 radical (unpaired) electrons. The molecule has 0 N–H and O–H groups in total. The van der Waals surface area contributed by atoms with E-state index in [0.717, 1.165) is 22.4 Å². The highest BCUT2D eigenvalue weighted by atomic mass is 127. The first kappa shape index (κ1) is 14.6. The number of aryl methyl sites for hydroxylation is 1. The minimum Gasteiger partial charge on any atom is -0.444 e. The van der Waals surface area contributed by atoms with Crippen molar-refractivity contribution < 1.29 is 9.53 Å². The fraction of sp³-hybridized carbons (Fsp3) is 0.692. The van der Waals surface area contributed by atoms with E-state index >= 15 is 0 Å². The van der Waals surface area contributed by atoms with Gasteiger partial charge in [-0.15, -0.1) is 0 Å². The zero-order chi connectivity index (χ0) is 14.2. The molecule has 0 bridgehead atoms. The van der Waals surface area contributed by atoms with Gasteiger partial charge in [0.15, 0.2) is 0 Å². The van der Waals surface area contributed by atoms with Crippen molar-refractivity contribution in [3.63, 3.8) is 0 Å². The summed E-state index contributed by atoms with van der Waals surface area (Å²) in [5.41, 5.74) is 0.701. The predicted octanol–water partition coefficient (Wildman–Crippen LogP) is 2.98. The summed E-state index contributed by atoms with van der Waals surface area (Å²) in [6, 6.07) is 2.31. The second-order valence-corrected chi connectivity index (χ2v) is 7.03. The number of rotatable bonds is 1. The van der Waals surface area contributed by atoms with Gasteiger partial charge in [0.25, 0.3) is 0 Å². The SMILES string of the molecule is Cc1cc(I)nn1C1CCN(C(=O)OC(C)(C)C)C1. The van der Waals surface area contributed by atoms with Gasteiger partial charge >= 0.3 is 6.09 Å². The molecule has 1 fully saturated rings. The Bertz CT molecular complexity index is 479. The number of halogens is 1. The molecule has 1 amide bonds. The Balaban J connectivity index is 2.00. The topological polar surface area (TPSA) is 47.4 Å². The molecule has 0 aromatic carbocycles. The Hall–Kier alpha value is -0.790. The molecule has 6 heteroatoms. The minimum absolute atomic E-state index is 0.227. The van der Waals surface area contributed by atoms with E-state index < -0.39 is 5.60 Å². The summed E-state index contributed by atoms with van der Waals surface area (Å²) in [6.07, 6.45) is 0.701. The molecular formula is C13H20IN3O2. The average Bonchev–Trinajstić information content (AvgIpc) is 2.82. The Morgan fingerprint density at radius 1 is 1.53 bits per heavy atom. The van der Waals surface area contributed by atoms with Gasteiger partial charge in [-0.25, -0.2) is 4.79 Å². The molecule has 106 valence electrons. The fourth-order valence-corrected chi connectivity index (χ4v) is 2.94. The first-order valence-electron chi connectivity index (χ1n) is 6.46. The Morgan fingerprint density at radius 2 is 2.21 bits per heavy atom. The maximum Gasteiger partial charge on any atom is 0.410 e. The van der Waals surface area contributed by atoms with Gasteiger partial charge in [-0.3, -0.25) is 4.68 Å². The highest BCUT2D eigenvalue weighted by molar-refractivity contribution is 14.1. The van der Waals surface area contributed by atoms with Crippen LogP contribution in [0.3, 0.4) is 0 Å². The molecule has 0 aliphatic carbocycles. The van der Waals surface area contributed by atoms with Crippen LogP contribution in [0, 0.1) is 10.6 Å². The quantitative estimate of drug-likeness (QED) is 0.707. The maximum atomic E-state index is 12.0. The third-order valence-corrected chi connectivity index (χ3v) is 3.58. The van der Waals surface area contributed by atoms with Crippen molar-refractivity contribution >= 4 is 28.7 Å². The highest BCUT2D eigenvalue weighted by Gasteiger charge is 2.31. The summed E-state index contributed by atoms with van der Waals surface area (Å²) in [5, 5.41) is 4.49. The number of aromatic nitrogens is 2. The summed E-state index contributed by atoms with van der Waals surface area (Å²) in [6.45, 7) is 9.11. The smallest absolute Gasteiger partial charge is 0.410 e. The summed E-state index contributed by atoms with van der Waals surface area (Å²) < 4.78 is 8.41. The molecule has 1 atom stereocenters. The first-order valence-corrected chi connectivity index (χ1v) is 7.54. The van der Waals surface area contributed by atoms with Crippen molar-refractivity contribution in [1.29, 1.82) is 0 Å². The monoisotopic (exact) mass is 377 g/mol. The summed E-state index contributed by atoms with van der Waals surface area (Å²) in [5.74, 6) is 0. The van der Waals surface area contributed by atoms with E-state index in [1.165, 1.54) is 0 Å². The normalized spacial score (nSPS) is 19.8. The van der Waals surface area contributed by atoms with Crippen LogP contribution in [0.1, 0.15) is 38.9 Å². The lowest BCUT2D eigenvalue weighted by molar-refractivity contribution is 0.0288. The second kappa shape index (κ2) is 5.30. The maximum absolute atomic E-state index is 12.0. The second-order valence-electron chi connectivity index (χ2n) is 5.92. The van der Waals surface area contributed by atoms with E-state index in [2.05, 4.69) is 33.8 Å². The largest absolute Gasteiger partial charge is 0.444 e. The number of hydrogen-bond donors (Lipinski definition) is 0. The van der Waals surface area contributed by atoms with Crippen molar-refractivity contribution in [3.8, 4) is 0 Å². The highest BCUT2D eigenvalue weighted by Crippen LogP contribution is 2.24. The molecule has 1 aromatic heterocycles. The van der Waals surface area contributed by atoms with Crippen LogP contribution < -0.4 is 0 Å². The molecule has 1 unspecified atom stereocenters. The third-order valence-electron chi connectivity index (χ3n) is 3.05. The van der Waals surface area contributed by atoms with Crippen LogP contribution in [0.25, 0.3) is 0 Å². The van der Waals surface area contributed by atoms with Gasteiger partial charge < -0.3 is 9.64 Å². The van der Waals surface area contributed by atoms with Gasteiger partial charge in [-0.05, 0) is 62.8 Å². The first-order chi connectivity index (χ1) is 8.76. The molecule has 5 nitrogen and oxygen atoms in total. The summed E-state index contributed by atoms with van der Waals surface area (Å²) >= 11 is 2.21. The number of amides is 1. The average molecular weight is 377 g/mol. The number of nitrogens with zero attached hydrogens (tertiary/aromatic N) is 3. The predicted molar refractivity (Wildman–Crippen MR) is 81.1 cm³/mol. The van der Waals surface area contributed by atoms with Crippen LogP contribution >= 0.6 is 22.6 Å². The number of hydrogen-bond acceptors (Lipinski definition) is 3.